The Balaban J connectivity index is 1.80. The summed E-state index contributed by atoms with van der Waals surface area (Å²) in [5.74, 6) is -6.16. The molecule has 170 valence electrons. The van der Waals surface area contributed by atoms with Gasteiger partial charge in [-0.05, 0) is 31.2 Å². The van der Waals surface area contributed by atoms with Crippen LogP contribution in [0.4, 0.5) is 28.9 Å². The Kier molecular flexibility index (Phi) is 6.37. The van der Waals surface area contributed by atoms with E-state index in [-0.39, 0.29) is 34.1 Å². The normalized spacial score (nSPS) is 16.2. The lowest BCUT2D eigenvalue weighted by Gasteiger charge is -2.17. The summed E-state index contributed by atoms with van der Waals surface area (Å²) in [4.78, 5) is 25.6. The summed E-state index contributed by atoms with van der Waals surface area (Å²) in [5, 5.41) is 7.47. The van der Waals surface area contributed by atoms with Crippen LogP contribution in [0, 0.1) is 5.92 Å². The molecular formula is C21H19F4N3O4. The van der Waals surface area contributed by atoms with Crippen LogP contribution in [-0.2, 0) is 15.5 Å². The predicted molar refractivity (Wildman–Crippen MR) is 108 cm³/mol. The van der Waals surface area contributed by atoms with Gasteiger partial charge in [-0.15, -0.1) is 0 Å². The van der Waals surface area contributed by atoms with E-state index in [1.54, 1.807) is 0 Å². The lowest BCUT2D eigenvalue weighted by molar-refractivity contribution is -0.127. The minimum atomic E-state index is -3.10. The highest BCUT2D eigenvalue weighted by Crippen LogP contribution is 2.35. The summed E-state index contributed by atoms with van der Waals surface area (Å²) in [7, 11) is 1.24. The number of ether oxygens (including phenoxy) is 2. The van der Waals surface area contributed by atoms with Crippen molar-refractivity contribution in [3.63, 3.8) is 0 Å². The second kappa shape index (κ2) is 8.85. The van der Waals surface area contributed by atoms with Crippen molar-refractivity contribution in [2.75, 3.05) is 17.4 Å². The molecule has 11 heteroatoms. The fourth-order valence-corrected chi connectivity index (χ4v) is 3.12. The minimum Gasteiger partial charge on any atom is -0.493 e. The van der Waals surface area contributed by atoms with E-state index in [4.69, 9.17) is 4.74 Å². The van der Waals surface area contributed by atoms with Gasteiger partial charge in [-0.3, -0.25) is 9.59 Å². The van der Waals surface area contributed by atoms with E-state index >= 15 is 0 Å². The number of rotatable bonds is 7. The van der Waals surface area contributed by atoms with Crippen molar-refractivity contribution in [2.24, 2.45) is 11.0 Å². The first-order valence-electron chi connectivity index (χ1n) is 9.32. The van der Waals surface area contributed by atoms with Crippen LogP contribution in [0.2, 0.25) is 0 Å². The molecule has 0 radical (unpaired) electrons. The van der Waals surface area contributed by atoms with Gasteiger partial charge in [-0.25, -0.2) is 8.78 Å². The van der Waals surface area contributed by atoms with E-state index in [1.807, 2.05) is 0 Å². The molecule has 2 aromatic carbocycles. The summed E-state index contributed by atoms with van der Waals surface area (Å²) >= 11 is 0. The van der Waals surface area contributed by atoms with Gasteiger partial charge in [0.15, 0.2) is 17.4 Å². The number of hydrogen-bond donors (Lipinski definition) is 1. The molecule has 3 rings (SSSR count). The lowest BCUT2D eigenvalue weighted by atomic mass is 10.0. The van der Waals surface area contributed by atoms with Gasteiger partial charge in [0.2, 0.25) is 5.91 Å². The molecule has 0 spiro atoms. The van der Waals surface area contributed by atoms with Gasteiger partial charge >= 0.3 is 6.61 Å². The van der Waals surface area contributed by atoms with E-state index < -0.39 is 30.3 Å². The van der Waals surface area contributed by atoms with Crippen LogP contribution in [0.15, 0.2) is 47.6 Å². The van der Waals surface area contributed by atoms with Crippen molar-refractivity contribution in [1.29, 1.82) is 0 Å². The highest BCUT2D eigenvalue weighted by Gasteiger charge is 2.40. The van der Waals surface area contributed by atoms with Gasteiger partial charge in [-0.1, -0.05) is 12.1 Å². The van der Waals surface area contributed by atoms with Gasteiger partial charge in [0.25, 0.3) is 11.8 Å². The molecule has 1 heterocycles. The van der Waals surface area contributed by atoms with Crippen LogP contribution < -0.4 is 19.8 Å². The number of hydrazone groups is 1. The summed E-state index contributed by atoms with van der Waals surface area (Å²) in [6, 6.07) is 8.88. The maximum atomic E-state index is 13.5. The van der Waals surface area contributed by atoms with E-state index in [1.165, 1.54) is 50.4 Å². The van der Waals surface area contributed by atoms with Crippen molar-refractivity contribution < 1.29 is 36.6 Å². The number of hydrogen-bond acceptors (Lipinski definition) is 5. The molecule has 2 amide bonds. The van der Waals surface area contributed by atoms with Gasteiger partial charge in [0, 0.05) is 24.2 Å². The highest BCUT2D eigenvalue weighted by molar-refractivity contribution is 6.28. The largest absolute Gasteiger partial charge is 0.493 e. The average Bonchev–Trinajstić information content (AvgIpc) is 3.01. The third-order valence-electron chi connectivity index (χ3n) is 4.64. The predicted octanol–water partition coefficient (Wildman–Crippen LogP) is 4.39. The van der Waals surface area contributed by atoms with Gasteiger partial charge in [0.05, 0.1) is 18.5 Å². The molecule has 0 aliphatic carbocycles. The van der Waals surface area contributed by atoms with Gasteiger partial charge < -0.3 is 14.8 Å². The molecular weight excluding hydrogens is 434 g/mol. The van der Waals surface area contributed by atoms with Crippen molar-refractivity contribution >= 4 is 28.9 Å². The number of methoxy groups -OCH3 is 1. The summed E-state index contributed by atoms with van der Waals surface area (Å²) in [6.45, 7) is -0.873. The zero-order chi connectivity index (χ0) is 23.6. The fourth-order valence-electron chi connectivity index (χ4n) is 3.12. The number of amides is 2. The van der Waals surface area contributed by atoms with Crippen LogP contribution in [0.1, 0.15) is 19.4 Å². The Bertz CT molecular complexity index is 1070. The van der Waals surface area contributed by atoms with Crippen LogP contribution in [0.3, 0.4) is 0 Å². The molecule has 0 saturated carbocycles. The molecule has 7 nitrogen and oxygen atoms in total. The highest BCUT2D eigenvalue weighted by atomic mass is 19.3. The van der Waals surface area contributed by atoms with Gasteiger partial charge in [0.1, 0.15) is 0 Å². The Morgan fingerprint density at radius 2 is 1.91 bits per heavy atom. The number of carbonyl (C=O) groups is 2. The number of alkyl halides is 4. The number of halogens is 4. The molecule has 32 heavy (non-hydrogen) atoms. The molecule has 0 bridgehead atoms. The molecule has 1 unspecified atom stereocenters. The first-order chi connectivity index (χ1) is 15.0. The lowest BCUT2D eigenvalue weighted by Crippen LogP contribution is -2.36. The maximum Gasteiger partial charge on any atom is 0.387 e. The monoisotopic (exact) mass is 453 g/mol. The average molecular weight is 453 g/mol. The summed E-state index contributed by atoms with van der Waals surface area (Å²) in [6.07, 6.45) is 0. The fraction of sp³-hybridized carbons (Fsp3) is 0.286. The van der Waals surface area contributed by atoms with Crippen LogP contribution >= 0.6 is 0 Å². The van der Waals surface area contributed by atoms with E-state index in [0.717, 1.165) is 18.0 Å². The third-order valence-corrected chi connectivity index (χ3v) is 4.64. The second-order valence-electron chi connectivity index (χ2n) is 7.00. The van der Waals surface area contributed by atoms with E-state index in [9.17, 15) is 27.2 Å². The molecule has 2 aromatic rings. The third kappa shape index (κ3) is 4.82. The molecule has 0 fully saturated rings. The standard InChI is InChI=1S/C21H19F4N3O4/c1-11-17(18(29)26-13-6-4-5-12(9-13)21(2,24)25)19(30)28(27-11)14-7-8-15(32-20(22)23)16(10-14)31-3/h4-10,17,20H,1-3H3,(H,26,29). The zero-order valence-electron chi connectivity index (χ0n) is 17.2. The first kappa shape index (κ1) is 23.0. The van der Waals surface area contributed by atoms with E-state index in [0.29, 0.717) is 0 Å². The van der Waals surface area contributed by atoms with Crippen molar-refractivity contribution in [2.45, 2.75) is 26.4 Å². The van der Waals surface area contributed by atoms with Crippen molar-refractivity contribution in [3.05, 3.63) is 48.0 Å². The maximum absolute atomic E-state index is 13.5. The Morgan fingerprint density at radius 3 is 2.53 bits per heavy atom. The number of carbonyl (C=O) groups excluding carboxylic acids is 2. The summed E-state index contributed by atoms with van der Waals surface area (Å²) < 4.78 is 61.5. The Morgan fingerprint density at radius 1 is 1.19 bits per heavy atom. The first-order valence-corrected chi connectivity index (χ1v) is 9.32. The quantitative estimate of drug-likeness (QED) is 0.498. The number of nitrogens with zero attached hydrogens (tertiary/aromatic N) is 2. The van der Waals surface area contributed by atoms with E-state index in [2.05, 4.69) is 15.2 Å². The molecule has 1 atom stereocenters. The number of nitrogens with one attached hydrogen (secondary N) is 1. The summed E-state index contributed by atoms with van der Waals surface area (Å²) in [5.41, 5.74) is 0.133. The number of benzene rings is 2. The molecule has 0 aromatic heterocycles. The second-order valence-corrected chi connectivity index (χ2v) is 7.00. The van der Waals surface area contributed by atoms with Crippen molar-refractivity contribution in [1.82, 2.24) is 0 Å². The Hall–Kier alpha value is -3.63. The minimum absolute atomic E-state index is 0.0614. The molecule has 1 N–H and O–H groups in total. The molecule has 1 aliphatic rings. The SMILES string of the molecule is COc1cc(N2N=C(C)C(C(=O)Nc3cccc(C(C)(F)F)c3)C2=O)ccc1OC(F)F. The van der Waals surface area contributed by atoms with Crippen LogP contribution in [0.25, 0.3) is 0 Å². The van der Waals surface area contributed by atoms with Gasteiger partial charge in [-0.2, -0.15) is 18.9 Å². The topological polar surface area (TPSA) is 80.2 Å². The molecule has 0 saturated heterocycles. The Labute approximate surface area is 180 Å². The van der Waals surface area contributed by atoms with Crippen LogP contribution in [-0.4, -0.2) is 31.2 Å². The zero-order valence-corrected chi connectivity index (χ0v) is 17.2. The molecule has 1 aliphatic heterocycles. The van der Waals surface area contributed by atoms with Crippen molar-refractivity contribution in [3.8, 4) is 11.5 Å². The van der Waals surface area contributed by atoms with Crippen LogP contribution in [0.5, 0.6) is 11.5 Å². The number of anilines is 2. The smallest absolute Gasteiger partial charge is 0.387 e.